The van der Waals surface area contributed by atoms with Crippen LogP contribution < -0.4 is 10.6 Å². The molecule has 1 aliphatic carbocycles. The van der Waals surface area contributed by atoms with E-state index in [9.17, 15) is 4.79 Å². The zero-order valence-corrected chi connectivity index (χ0v) is 12.0. The van der Waals surface area contributed by atoms with Gasteiger partial charge in [-0.1, -0.05) is 12.8 Å². The van der Waals surface area contributed by atoms with Gasteiger partial charge in [-0.3, -0.25) is 9.69 Å². The van der Waals surface area contributed by atoms with Crippen LogP contribution in [0.25, 0.3) is 0 Å². The van der Waals surface area contributed by atoms with Crippen LogP contribution in [0.5, 0.6) is 0 Å². The van der Waals surface area contributed by atoms with E-state index in [0.29, 0.717) is 12.1 Å². The fraction of sp³-hybridized carbons (Fsp3) is 0.933. The van der Waals surface area contributed by atoms with E-state index in [1.54, 1.807) is 0 Å². The highest BCUT2D eigenvalue weighted by atomic mass is 16.2. The van der Waals surface area contributed by atoms with Crippen LogP contribution in [-0.4, -0.2) is 48.6 Å². The lowest BCUT2D eigenvalue weighted by Gasteiger charge is -2.25. The minimum atomic E-state index is 0.0352. The fourth-order valence-electron chi connectivity index (χ4n) is 3.95. The summed E-state index contributed by atoms with van der Waals surface area (Å²) in [6.45, 7) is 5.36. The lowest BCUT2D eigenvalue weighted by Crippen LogP contribution is -2.47. The maximum absolute atomic E-state index is 12.3. The quantitative estimate of drug-likeness (QED) is 0.804. The third kappa shape index (κ3) is 2.95. The molecule has 3 rings (SSSR count). The first-order valence-electron chi connectivity index (χ1n) is 8.02. The molecule has 3 atom stereocenters. The first-order chi connectivity index (χ1) is 9.24. The normalized spacial score (nSPS) is 34.2. The van der Waals surface area contributed by atoms with E-state index in [2.05, 4.69) is 22.5 Å². The van der Waals surface area contributed by atoms with Crippen LogP contribution in [0.4, 0.5) is 0 Å². The van der Waals surface area contributed by atoms with E-state index >= 15 is 0 Å². The van der Waals surface area contributed by atoms with Crippen molar-refractivity contribution in [3.05, 3.63) is 0 Å². The second kappa shape index (κ2) is 5.80. The predicted molar refractivity (Wildman–Crippen MR) is 75.9 cm³/mol. The van der Waals surface area contributed by atoms with Crippen molar-refractivity contribution in [3.8, 4) is 0 Å². The number of rotatable bonds is 3. The maximum Gasteiger partial charge on any atom is 0.237 e. The average Bonchev–Trinajstić information content (AvgIpc) is 3.05. The molecule has 2 aliphatic heterocycles. The van der Waals surface area contributed by atoms with E-state index in [1.165, 1.54) is 38.5 Å². The van der Waals surface area contributed by atoms with Gasteiger partial charge in [0.2, 0.25) is 5.91 Å². The number of fused-ring (bicyclic) bond motifs is 1. The Morgan fingerprint density at radius 1 is 1.21 bits per heavy atom. The number of nitrogens with one attached hydrogen (secondary N) is 2. The molecule has 0 bridgehead atoms. The second-order valence-corrected chi connectivity index (χ2v) is 6.58. The Kier molecular flexibility index (Phi) is 4.08. The summed E-state index contributed by atoms with van der Waals surface area (Å²) in [6, 6.07) is 1.10. The van der Waals surface area contributed by atoms with Crippen molar-refractivity contribution in [1.29, 1.82) is 0 Å². The van der Waals surface area contributed by atoms with Gasteiger partial charge in [0.25, 0.3) is 0 Å². The molecule has 1 amide bonds. The van der Waals surface area contributed by atoms with Crippen LogP contribution in [-0.2, 0) is 4.79 Å². The van der Waals surface area contributed by atoms with Gasteiger partial charge >= 0.3 is 0 Å². The lowest BCUT2D eigenvalue weighted by molar-refractivity contribution is -0.126. The molecular weight excluding hydrogens is 238 g/mol. The zero-order valence-electron chi connectivity index (χ0n) is 12.0. The number of carbonyl (C=O) groups is 1. The van der Waals surface area contributed by atoms with Crippen LogP contribution in [0.15, 0.2) is 0 Å². The number of amides is 1. The van der Waals surface area contributed by atoms with Crippen LogP contribution >= 0.6 is 0 Å². The highest BCUT2D eigenvalue weighted by Gasteiger charge is 2.38. The van der Waals surface area contributed by atoms with Crippen LogP contribution in [0, 0.1) is 5.92 Å². The van der Waals surface area contributed by atoms with Gasteiger partial charge in [0.05, 0.1) is 6.04 Å². The molecule has 2 saturated heterocycles. The number of hydrogen-bond donors (Lipinski definition) is 2. The molecule has 0 spiro atoms. The van der Waals surface area contributed by atoms with E-state index in [0.717, 1.165) is 25.6 Å². The van der Waals surface area contributed by atoms with Gasteiger partial charge in [-0.05, 0) is 45.1 Å². The van der Waals surface area contributed by atoms with E-state index in [-0.39, 0.29) is 11.9 Å². The van der Waals surface area contributed by atoms with Crippen molar-refractivity contribution in [3.63, 3.8) is 0 Å². The monoisotopic (exact) mass is 265 g/mol. The van der Waals surface area contributed by atoms with Gasteiger partial charge in [0, 0.05) is 25.2 Å². The maximum atomic E-state index is 12.3. The standard InChI is InChI=1S/C15H27N3O/c1-11(15(19)17-13-6-2-3-7-13)18-9-12-5-4-8-16-14(12)10-18/h11-14,16H,2-10H2,1H3,(H,17,19)/t11?,12-,14+/m0/s1. The minimum absolute atomic E-state index is 0.0352. The molecule has 3 fully saturated rings. The summed E-state index contributed by atoms with van der Waals surface area (Å²) in [7, 11) is 0. The van der Waals surface area contributed by atoms with Crippen molar-refractivity contribution in [2.45, 2.75) is 63.6 Å². The van der Waals surface area contributed by atoms with E-state index < -0.39 is 0 Å². The van der Waals surface area contributed by atoms with Crippen molar-refractivity contribution >= 4 is 5.91 Å². The number of nitrogens with zero attached hydrogens (tertiary/aromatic N) is 1. The Bertz CT molecular complexity index is 313. The molecule has 19 heavy (non-hydrogen) atoms. The minimum Gasteiger partial charge on any atom is -0.352 e. The highest BCUT2D eigenvalue weighted by molar-refractivity contribution is 5.81. The summed E-state index contributed by atoms with van der Waals surface area (Å²) in [5.41, 5.74) is 0. The Hall–Kier alpha value is -0.610. The summed E-state index contributed by atoms with van der Waals surface area (Å²) in [5.74, 6) is 1.00. The number of piperidine rings is 1. The van der Waals surface area contributed by atoms with Crippen molar-refractivity contribution in [2.75, 3.05) is 19.6 Å². The summed E-state index contributed by atoms with van der Waals surface area (Å²) in [4.78, 5) is 14.7. The molecule has 2 heterocycles. The molecular formula is C15H27N3O. The Morgan fingerprint density at radius 2 is 2.00 bits per heavy atom. The molecule has 0 radical (unpaired) electrons. The van der Waals surface area contributed by atoms with Gasteiger partial charge in [-0.25, -0.2) is 0 Å². The topological polar surface area (TPSA) is 44.4 Å². The summed E-state index contributed by atoms with van der Waals surface area (Å²) >= 11 is 0. The smallest absolute Gasteiger partial charge is 0.237 e. The number of carbonyl (C=O) groups excluding carboxylic acids is 1. The van der Waals surface area contributed by atoms with E-state index in [1.807, 2.05) is 0 Å². The van der Waals surface area contributed by atoms with Gasteiger partial charge in [-0.15, -0.1) is 0 Å². The molecule has 1 unspecified atom stereocenters. The molecule has 3 aliphatic rings. The third-order valence-electron chi connectivity index (χ3n) is 5.26. The SMILES string of the molecule is CC(C(=O)NC1CCCC1)N1C[C@@H]2CCCN[C@@H]2C1. The highest BCUT2D eigenvalue weighted by Crippen LogP contribution is 2.26. The van der Waals surface area contributed by atoms with Gasteiger partial charge in [-0.2, -0.15) is 0 Å². The summed E-state index contributed by atoms with van der Waals surface area (Å²) in [5, 5.41) is 6.84. The Labute approximate surface area is 116 Å². The molecule has 0 aromatic heterocycles. The molecule has 1 saturated carbocycles. The fourth-order valence-corrected chi connectivity index (χ4v) is 3.95. The van der Waals surface area contributed by atoms with Crippen molar-refractivity contribution in [1.82, 2.24) is 15.5 Å². The van der Waals surface area contributed by atoms with Gasteiger partial charge < -0.3 is 10.6 Å². The van der Waals surface area contributed by atoms with Crippen molar-refractivity contribution in [2.24, 2.45) is 5.92 Å². The summed E-state index contributed by atoms with van der Waals surface area (Å²) < 4.78 is 0. The first-order valence-corrected chi connectivity index (χ1v) is 8.02. The first kappa shape index (κ1) is 13.4. The second-order valence-electron chi connectivity index (χ2n) is 6.58. The number of likely N-dealkylation sites (tertiary alicyclic amines) is 1. The van der Waals surface area contributed by atoms with Gasteiger partial charge in [0.1, 0.15) is 0 Å². The molecule has 0 aromatic rings. The molecule has 4 heteroatoms. The Morgan fingerprint density at radius 3 is 2.74 bits per heavy atom. The third-order valence-corrected chi connectivity index (χ3v) is 5.26. The van der Waals surface area contributed by atoms with Crippen molar-refractivity contribution < 1.29 is 4.79 Å². The molecule has 4 nitrogen and oxygen atoms in total. The van der Waals surface area contributed by atoms with E-state index in [4.69, 9.17) is 0 Å². The largest absolute Gasteiger partial charge is 0.352 e. The predicted octanol–water partition coefficient (Wildman–Crippen LogP) is 1.12. The van der Waals surface area contributed by atoms with Crippen LogP contribution in [0.3, 0.4) is 0 Å². The lowest BCUT2D eigenvalue weighted by atomic mass is 9.94. The molecule has 0 aromatic carbocycles. The zero-order chi connectivity index (χ0) is 13.2. The summed E-state index contributed by atoms with van der Waals surface area (Å²) in [6.07, 6.45) is 7.51. The van der Waals surface area contributed by atoms with Gasteiger partial charge in [0.15, 0.2) is 0 Å². The van der Waals surface area contributed by atoms with Crippen LogP contribution in [0.2, 0.25) is 0 Å². The molecule has 108 valence electrons. The Balaban J connectivity index is 1.52. The molecule has 2 N–H and O–H groups in total. The van der Waals surface area contributed by atoms with Crippen LogP contribution in [0.1, 0.15) is 45.4 Å². The average molecular weight is 265 g/mol. The number of hydrogen-bond acceptors (Lipinski definition) is 3.